The lowest BCUT2D eigenvalue weighted by Gasteiger charge is -2.06. The maximum absolute atomic E-state index is 12.0. The molecule has 0 saturated heterocycles. The lowest BCUT2D eigenvalue weighted by Crippen LogP contribution is -2.24. The molecule has 0 aliphatic rings. The minimum absolute atomic E-state index is 0.0805. The zero-order chi connectivity index (χ0) is 16.9. The largest absolute Gasteiger partial charge is 0.351 e. The molecule has 124 valence electrons. The Morgan fingerprint density at radius 3 is 2.83 bits per heavy atom. The van der Waals surface area contributed by atoms with E-state index in [1.807, 2.05) is 37.3 Å². The smallest absolute Gasteiger partial charge is 0.252 e. The van der Waals surface area contributed by atoms with Crippen molar-refractivity contribution in [1.82, 2.24) is 24.9 Å². The van der Waals surface area contributed by atoms with Gasteiger partial charge in [-0.1, -0.05) is 49.0 Å². The summed E-state index contributed by atoms with van der Waals surface area (Å²) >= 11 is 1.29. The van der Waals surface area contributed by atoms with Gasteiger partial charge in [-0.2, -0.15) is 0 Å². The number of nitrogens with zero attached hydrogens (tertiary/aromatic N) is 3. The summed E-state index contributed by atoms with van der Waals surface area (Å²) in [5.74, 6) is 0.547. The van der Waals surface area contributed by atoms with Crippen molar-refractivity contribution in [2.75, 3.05) is 5.75 Å². The monoisotopic (exact) mass is 343 g/mol. The highest BCUT2D eigenvalue weighted by atomic mass is 32.2. The van der Waals surface area contributed by atoms with Crippen molar-refractivity contribution >= 4 is 23.4 Å². The summed E-state index contributed by atoms with van der Waals surface area (Å²) in [4.78, 5) is 26.2. The Balaban J connectivity index is 1.65. The van der Waals surface area contributed by atoms with Crippen LogP contribution < -0.4 is 10.9 Å². The molecule has 3 rings (SSSR count). The third-order valence-corrected chi connectivity index (χ3v) is 4.41. The molecule has 0 aliphatic heterocycles. The summed E-state index contributed by atoms with van der Waals surface area (Å²) in [6.45, 7) is 2.45. The van der Waals surface area contributed by atoms with Crippen molar-refractivity contribution in [3.8, 4) is 0 Å². The van der Waals surface area contributed by atoms with Gasteiger partial charge in [-0.05, 0) is 12.0 Å². The van der Waals surface area contributed by atoms with E-state index in [2.05, 4.69) is 20.5 Å². The second kappa shape index (κ2) is 7.31. The molecule has 0 spiro atoms. The van der Waals surface area contributed by atoms with Crippen molar-refractivity contribution in [3.63, 3.8) is 0 Å². The normalized spacial score (nSPS) is 10.9. The Kier molecular flexibility index (Phi) is 4.95. The molecule has 2 heterocycles. The van der Waals surface area contributed by atoms with Crippen molar-refractivity contribution in [2.24, 2.45) is 0 Å². The minimum Gasteiger partial charge on any atom is -0.351 e. The van der Waals surface area contributed by atoms with Crippen LogP contribution in [0.2, 0.25) is 0 Å². The van der Waals surface area contributed by atoms with Gasteiger partial charge in [0.15, 0.2) is 5.16 Å². The number of hydrogen-bond donors (Lipinski definition) is 2. The van der Waals surface area contributed by atoms with Crippen LogP contribution in [0.4, 0.5) is 0 Å². The number of amides is 1. The first-order valence-electron chi connectivity index (χ1n) is 7.58. The number of benzene rings is 1. The highest BCUT2D eigenvalue weighted by Gasteiger charge is 2.12. The predicted molar refractivity (Wildman–Crippen MR) is 92.0 cm³/mol. The van der Waals surface area contributed by atoms with E-state index in [-0.39, 0.29) is 17.2 Å². The number of H-pyrrole nitrogens is 1. The van der Waals surface area contributed by atoms with Gasteiger partial charge in [0.2, 0.25) is 11.7 Å². The second-order valence-electron chi connectivity index (χ2n) is 5.17. The van der Waals surface area contributed by atoms with Crippen molar-refractivity contribution < 1.29 is 4.79 Å². The van der Waals surface area contributed by atoms with Crippen LogP contribution in [-0.2, 0) is 17.8 Å². The first kappa shape index (κ1) is 16.3. The van der Waals surface area contributed by atoms with E-state index in [1.54, 1.807) is 4.40 Å². The Labute approximate surface area is 142 Å². The molecule has 7 nitrogen and oxygen atoms in total. The lowest BCUT2D eigenvalue weighted by atomic mass is 10.2. The molecule has 1 aromatic carbocycles. The molecule has 1 amide bonds. The molecule has 8 heteroatoms. The molecule has 0 unspecified atom stereocenters. The van der Waals surface area contributed by atoms with Gasteiger partial charge in [0, 0.05) is 18.3 Å². The standard InChI is InChI=1S/C16H17N5O2S/c1-2-12-8-13(22)18-15-19-20-16(21(12)15)24-10-14(23)17-9-11-6-4-3-5-7-11/h3-8H,2,9-10H2,1H3,(H,17,23)(H,18,19,22). The number of carbonyl (C=O) groups is 1. The van der Waals surface area contributed by atoms with E-state index in [1.165, 1.54) is 17.8 Å². The molecule has 2 aromatic heterocycles. The summed E-state index contributed by atoms with van der Waals surface area (Å²) in [5, 5.41) is 11.5. The molecular weight excluding hydrogens is 326 g/mol. The van der Waals surface area contributed by atoms with E-state index in [0.717, 1.165) is 11.3 Å². The van der Waals surface area contributed by atoms with Crippen LogP contribution in [0.5, 0.6) is 0 Å². The number of aromatic amines is 1. The number of aromatic nitrogens is 4. The maximum atomic E-state index is 12.0. The highest BCUT2D eigenvalue weighted by molar-refractivity contribution is 7.99. The Hall–Kier alpha value is -2.61. The van der Waals surface area contributed by atoms with Crippen LogP contribution in [-0.4, -0.2) is 31.2 Å². The second-order valence-corrected chi connectivity index (χ2v) is 6.11. The fraction of sp³-hybridized carbons (Fsp3) is 0.250. The van der Waals surface area contributed by atoms with Gasteiger partial charge in [-0.3, -0.25) is 19.0 Å². The molecule has 24 heavy (non-hydrogen) atoms. The van der Waals surface area contributed by atoms with Crippen LogP contribution in [0.1, 0.15) is 18.2 Å². The number of rotatable bonds is 6. The summed E-state index contributed by atoms with van der Waals surface area (Å²) in [7, 11) is 0. The SMILES string of the molecule is CCc1cc(=O)[nH]c2nnc(SCC(=O)NCc3ccccc3)n12. The fourth-order valence-electron chi connectivity index (χ4n) is 2.30. The van der Waals surface area contributed by atoms with Gasteiger partial charge in [0.05, 0.1) is 5.75 Å². The van der Waals surface area contributed by atoms with Crippen LogP contribution in [0, 0.1) is 0 Å². The van der Waals surface area contributed by atoms with Gasteiger partial charge in [0.25, 0.3) is 5.56 Å². The zero-order valence-corrected chi connectivity index (χ0v) is 14.0. The minimum atomic E-state index is -0.205. The van der Waals surface area contributed by atoms with Gasteiger partial charge >= 0.3 is 0 Å². The number of fused-ring (bicyclic) bond motifs is 1. The molecule has 0 fully saturated rings. The third-order valence-electron chi connectivity index (χ3n) is 3.48. The number of carbonyl (C=O) groups excluding carboxylic acids is 1. The molecule has 0 aliphatic carbocycles. The van der Waals surface area contributed by atoms with Crippen LogP contribution in [0.25, 0.3) is 5.78 Å². The maximum Gasteiger partial charge on any atom is 0.252 e. The van der Waals surface area contributed by atoms with Crippen LogP contribution in [0.3, 0.4) is 0 Å². The summed E-state index contributed by atoms with van der Waals surface area (Å²) in [6, 6.07) is 11.3. The lowest BCUT2D eigenvalue weighted by molar-refractivity contribution is -0.118. The zero-order valence-electron chi connectivity index (χ0n) is 13.2. The van der Waals surface area contributed by atoms with E-state index < -0.39 is 0 Å². The molecule has 0 saturated carbocycles. The van der Waals surface area contributed by atoms with Crippen molar-refractivity contribution in [2.45, 2.75) is 25.0 Å². The average Bonchev–Trinajstić information content (AvgIpc) is 3.01. The Morgan fingerprint density at radius 1 is 1.29 bits per heavy atom. The number of aryl methyl sites for hydroxylation is 1. The van der Waals surface area contributed by atoms with Crippen LogP contribution >= 0.6 is 11.8 Å². The number of thioether (sulfide) groups is 1. The fourth-order valence-corrected chi connectivity index (χ4v) is 3.10. The molecule has 0 radical (unpaired) electrons. The van der Waals surface area contributed by atoms with Crippen molar-refractivity contribution in [3.05, 3.63) is 58.0 Å². The summed E-state index contributed by atoms with van der Waals surface area (Å²) in [6.07, 6.45) is 0.673. The van der Waals surface area contributed by atoms with Crippen LogP contribution in [0.15, 0.2) is 46.3 Å². The van der Waals surface area contributed by atoms with E-state index in [9.17, 15) is 9.59 Å². The van der Waals surface area contributed by atoms with E-state index in [0.29, 0.717) is 23.9 Å². The van der Waals surface area contributed by atoms with Crippen molar-refractivity contribution in [1.29, 1.82) is 0 Å². The molecular formula is C16H17N5O2S. The molecule has 0 atom stereocenters. The number of nitrogens with one attached hydrogen (secondary N) is 2. The van der Waals surface area contributed by atoms with Gasteiger partial charge in [0.1, 0.15) is 0 Å². The summed E-state index contributed by atoms with van der Waals surface area (Å²) in [5.41, 5.74) is 1.66. The molecule has 3 aromatic rings. The molecule has 0 bridgehead atoms. The van der Waals surface area contributed by atoms with Gasteiger partial charge in [-0.15, -0.1) is 10.2 Å². The average molecular weight is 343 g/mol. The Morgan fingerprint density at radius 2 is 2.08 bits per heavy atom. The first-order chi connectivity index (χ1) is 11.7. The van der Waals surface area contributed by atoms with E-state index in [4.69, 9.17) is 0 Å². The summed E-state index contributed by atoms with van der Waals surface area (Å²) < 4.78 is 1.77. The topological polar surface area (TPSA) is 92.2 Å². The number of hydrogen-bond acceptors (Lipinski definition) is 5. The van der Waals surface area contributed by atoms with E-state index >= 15 is 0 Å². The highest BCUT2D eigenvalue weighted by Crippen LogP contribution is 2.17. The predicted octanol–water partition coefficient (Wildman–Crippen LogP) is 1.39. The van der Waals surface area contributed by atoms with Gasteiger partial charge in [-0.25, -0.2) is 0 Å². The third kappa shape index (κ3) is 3.65. The quantitative estimate of drug-likeness (QED) is 0.660. The Bertz CT molecular complexity index is 904. The molecule has 2 N–H and O–H groups in total. The first-order valence-corrected chi connectivity index (χ1v) is 8.56. The van der Waals surface area contributed by atoms with Gasteiger partial charge < -0.3 is 5.32 Å².